The number of nitrogens with one attached hydrogen (secondary N) is 1. The van der Waals surface area contributed by atoms with Gasteiger partial charge < -0.3 is 5.32 Å². The Balaban J connectivity index is 0.00000128. The van der Waals surface area contributed by atoms with Crippen LogP contribution in [0.3, 0.4) is 0 Å². The van der Waals surface area contributed by atoms with Gasteiger partial charge in [-0.2, -0.15) is 13.2 Å². The Morgan fingerprint density at radius 1 is 1.12 bits per heavy atom. The van der Waals surface area contributed by atoms with Crippen LogP contribution in [0.2, 0.25) is 0 Å². The Hall–Kier alpha value is -0.520. The third-order valence-electron chi connectivity index (χ3n) is 2.77. The first kappa shape index (κ1) is 16.5. The van der Waals surface area contributed by atoms with Crippen molar-refractivity contribution >= 4 is 24.8 Å². The Bertz CT molecular complexity index is 332. The van der Waals surface area contributed by atoms with Crippen molar-refractivity contribution in [2.45, 2.75) is 12.1 Å². The van der Waals surface area contributed by atoms with Crippen molar-refractivity contribution in [2.75, 3.05) is 13.1 Å². The van der Waals surface area contributed by atoms with Gasteiger partial charge in [-0.1, -0.05) is 0 Å². The first-order valence-corrected chi connectivity index (χ1v) is 4.76. The van der Waals surface area contributed by atoms with Crippen LogP contribution in [0.25, 0.3) is 0 Å². The maximum absolute atomic E-state index is 12.6. The van der Waals surface area contributed by atoms with E-state index < -0.39 is 18.0 Å². The van der Waals surface area contributed by atoms with Crippen LogP contribution in [0.15, 0.2) is 24.5 Å². The zero-order valence-electron chi connectivity index (χ0n) is 8.78. The van der Waals surface area contributed by atoms with Crippen molar-refractivity contribution in [3.05, 3.63) is 30.1 Å². The van der Waals surface area contributed by atoms with Crippen LogP contribution in [0.4, 0.5) is 13.2 Å². The molecule has 1 fully saturated rings. The maximum Gasteiger partial charge on any atom is 0.393 e. The quantitative estimate of drug-likeness (QED) is 0.860. The lowest BCUT2D eigenvalue weighted by Gasteiger charge is -2.21. The second-order valence-corrected chi connectivity index (χ2v) is 3.69. The number of rotatable bonds is 1. The molecule has 2 heterocycles. The molecule has 2 rings (SSSR count). The predicted octanol–water partition coefficient (Wildman–Crippen LogP) is 2.79. The van der Waals surface area contributed by atoms with Gasteiger partial charge in [-0.25, -0.2) is 0 Å². The molecule has 2 unspecified atom stereocenters. The first-order chi connectivity index (χ1) is 7.09. The summed E-state index contributed by atoms with van der Waals surface area (Å²) in [6.45, 7) is 0.394. The summed E-state index contributed by atoms with van der Waals surface area (Å²) < 4.78 is 37.9. The van der Waals surface area contributed by atoms with E-state index in [1.54, 1.807) is 12.1 Å². The Labute approximate surface area is 110 Å². The zero-order chi connectivity index (χ0) is 10.9. The predicted molar refractivity (Wildman–Crippen MR) is 63.9 cm³/mol. The lowest BCUT2D eigenvalue weighted by atomic mass is 9.89. The molecule has 1 aromatic rings. The summed E-state index contributed by atoms with van der Waals surface area (Å²) in [6, 6.07) is 3.30. The number of aromatic nitrogens is 1. The molecular weight excluding hydrogens is 276 g/mol. The van der Waals surface area contributed by atoms with E-state index in [0.29, 0.717) is 12.1 Å². The molecule has 1 aliphatic rings. The highest BCUT2D eigenvalue weighted by Gasteiger charge is 2.47. The van der Waals surface area contributed by atoms with Gasteiger partial charge in [0.05, 0.1) is 5.92 Å². The van der Waals surface area contributed by atoms with Crippen molar-refractivity contribution < 1.29 is 13.2 Å². The SMILES string of the molecule is Cl.Cl.FC(F)(F)C1CNCC1c1ccncc1. The van der Waals surface area contributed by atoms with Crippen LogP contribution in [0, 0.1) is 5.92 Å². The summed E-state index contributed by atoms with van der Waals surface area (Å²) in [5, 5.41) is 2.79. The van der Waals surface area contributed by atoms with E-state index in [0.717, 1.165) is 0 Å². The van der Waals surface area contributed by atoms with Crippen molar-refractivity contribution in [2.24, 2.45) is 5.92 Å². The van der Waals surface area contributed by atoms with Gasteiger partial charge in [-0.05, 0) is 17.7 Å². The largest absolute Gasteiger partial charge is 0.393 e. The molecule has 17 heavy (non-hydrogen) atoms. The van der Waals surface area contributed by atoms with Crippen LogP contribution in [-0.2, 0) is 0 Å². The summed E-state index contributed by atoms with van der Waals surface area (Å²) in [6.07, 6.45) is -1.07. The summed E-state index contributed by atoms with van der Waals surface area (Å²) in [5.74, 6) is -1.76. The molecule has 7 heteroatoms. The summed E-state index contributed by atoms with van der Waals surface area (Å²) in [4.78, 5) is 3.80. The minimum atomic E-state index is -4.13. The normalized spacial score (nSPS) is 23.7. The molecule has 1 N–H and O–H groups in total. The monoisotopic (exact) mass is 288 g/mol. The van der Waals surface area contributed by atoms with Gasteiger partial charge in [-0.3, -0.25) is 4.98 Å². The second kappa shape index (κ2) is 6.42. The summed E-state index contributed by atoms with van der Waals surface area (Å²) >= 11 is 0. The van der Waals surface area contributed by atoms with Gasteiger partial charge >= 0.3 is 6.18 Å². The third-order valence-corrected chi connectivity index (χ3v) is 2.77. The molecule has 0 amide bonds. The molecule has 2 atom stereocenters. The van der Waals surface area contributed by atoms with Gasteiger partial charge in [0.15, 0.2) is 0 Å². The Morgan fingerprint density at radius 2 is 1.71 bits per heavy atom. The number of pyridine rings is 1. The third kappa shape index (κ3) is 3.72. The van der Waals surface area contributed by atoms with Crippen LogP contribution >= 0.6 is 24.8 Å². The molecular formula is C10H13Cl2F3N2. The minimum absolute atomic E-state index is 0. The van der Waals surface area contributed by atoms with E-state index in [1.807, 2.05) is 0 Å². The molecule has 0 radical (unpaired) electrons. The number of halogens is 5. The van der Waals surface area contributed by atoms with E-state index in [9.17, 15) is 13.2 Å². The fourth-order valence-electron chi connectivity index (χ4n) is 1.98. The van der Waals surface area contributed by atoms with Crippen molar-refractivity contribution in [3.8, 4) is 0 Å². The van der Waals surface area contributed by atoms with Gasteiger partial charge in [0.1, 0.15) is 0 Å². The summed E-state index contributed by atoms with van der Waals surface area (Å²) in [5.41, 5.74) is 0.706. The second-order valence-electron chi connectivity index (χ2n) is 3.69. The highest BCUT2D eigenvalue weighted by Crippen LogP contribution is 2.39. The van der Waals surface area contributed by atoms with Crippen molar-refractivity contribution in [3.63, 3.8) is 0 Å². The maximum atomic E-state index is 12.6. The number of hydrogen-bond acceptors (Lipinski definition) is 2. The molecule has 0 saturated carbocycles. The Kier molecular flexibility index (Phi) is 6.23. The smallest absolute Gasteiger partial charge is 0.315 e. The average molecular weight is 289 g/mol. The fourth-order valence-corrected chi connectivity index (χ4v) is 1.98. The molecule has 2 nitrogen and oxygen atoms in total. The molecule has 0 bridgehead atoms. The van der Waals surface area contributed by atoms with E-state index in [1.165, 1.54) is 12.4 Å². The van der Waals surface area contributed by atoms with E-state index in [2.05, 4.69) is 10.3 Å². The van der Waals surface area contributed by atoms with Gasteiger partial charge in [-0.15, -0.1) is 24.8 Å². The average Bonchev–Trinajstić information content (AvgIpc) is 2.67. The molecule has 0 aromatic carbocycles. The van der Waals surface area contributed by atoms with Gasteiger partial charge in [0, 0.05) is 31.4 Å². The van der Waals surface area contributed by atoms with E-state index >= 15 is 0 Å². The minimum Gasteiger partial charge on any atom is -0.315 e. The standard InChI is InChI=1S/C10H11F3N2.2ClH/c11-10(12,13)9-6-15-5-8(9)7-1-3-14-4-2-7;;/h1-4,8-9,15H,5-6H2;2*1H. The molecule has 1 aromatic heterocycles. The lowest BCUT2D eigenvalue weighted by Crippen LogP contribution is -2.28. The number of hydrogen-bond donors (Lipinski definition) is 1. The van der Waals surface area contributed by atoms with Gasteiger partial charge in [0.2, 0.25) is 0 Å². The zero-order valence-corrected chi connectivity index (χ0v) is 10.4. The molecule has 1 aliphatic heterocycles. The summed E-state index contributed by atoms with van der Waals surface area (Å²) in [7, 11) is 0. The van der Waals surface area contributed by atoms with Crippen LogP contribution in [-0.4, -0.2) is 24.2 Å². The first-order valence-electron chi connectivity index (χ1n) is 4.76. The Morgan fingerprint density at radius 3 is 2.24 bits per heavy atom. The number of alkyl halides is 3. The van der Waals surface area contributed by atoms with E-state index in [4.69, 9.17) is 0 Å². The molecule has 1 saturated heterocycles. The topological polar surface area (TPSA) is 24.9 Å². The van der Waals surface area contributed by atoms with Crippen molar-refractivity contribution in [1.29, 1.82) is 0 Å². The van der Waals surface area contributed by atoms with E-state index in [-0.39, 0.29) is 31.4 Å². The van der Waals surface area contributed by atoms with Crippen LogP contribution < -0.4 is 5.32 Å². The highest BCUT2D eigenvalue weighted by molar-refractivity contribution is 5.85. The highest BCUT2D eigenvalue weighted by atomic mass is 35.5. The van der Waals surface area contributed by atoms with Crippen LogP contribution in [0.1, 0.15) is 11.5 Å². The van der Waals surface area contributed by atoms with Gasteiger partial charge in [0.25, 0.3) is 0 Å². The van der Waals surface area contributed by atoms with Crippen LogP contribution in [0.5, 0.6) is 0 Å². The fraction of sp³-hybridized carbons (Fsp3) is 0.500. The molecule has 98 valence electrons. The molecule has 0 aliphatic carbocycles. The lowest BCUT2D eigenvalue weighted by molar-refractivity contribution is -0.172. The molecule has 0 spiro atoms. The number of nitrogens with zero attached hydrogens (tertiary/aromatic N) is 1. The van der Waals surface area contributed by atoms with Crippen molar-refractivity contribution in [1.82, 2.24) is 10.3 Å².